The van der Waals surface area contributed by atoms with Gasteiger partial charge in [-0.25, -0.2) is 0 Å². The summed E-state index contributed by atoms with van der Waals surface area (Å²) in [6.07, 6.45) is 5.89. The SMILES string of the molecule is CC[C@@H]1C[C@@H]2O[C@@H]3C[C@H](C)CC[C@H]3C(C)(C)N2C1=O. The lowest BCUT2D eigenvalue weighted by Gasteiger charge is -2.55. The van der Waals surface area contributed by atoms with Crippen LogP contribution in [-0.2, 0) is 9.53 Å². The topological polar surface area (TPSA) is 29.5 Å². The van der Waals surface area contributed by atoms with Crippen LogP contribution < -0.4 is 0 Å². The van der Waals surface area contributed by atoms with Gasteiger partial charge in [-0.1, -0.05) is 20.3 Å². The molecule has 0 N–H and O–H groups in total. The highest BCUT2D eigenvalue weighted by molar-refractivity contribution is 5.82. The lowest BCUT2D eigenvalue weighted by molar-refractivity contribution is -0.217. The molecule has 1 saturated carbocycles. The number of carbonyl (C=O) groups excluding carboxylic acids is 1. The minimum absolute atomic E-state index is 0.0330. The van der Waals surface area contributed by atoms with Crippen molar-refractivity contribution < 1.29 is 9.53 Å². The van der Waals surface area contributed by atoms with Crippen molar-refractivity contribution in [3.8, 4) is 0 Å². The smallest absolute Gasteiger partial charge is 0.228 e. The number of hydrogen-bond acceptors (Lipinski definition) is 2. The van der Waals surface area contributed by atoms with E-state index in [0.29, 0.717) is 17.9 Å². The summed E-state index contributed by atoms with van der Waals surface area (Å²) in [6, 6.07) is 0. The molecule has 1 amide bonds. The molecule has 19 heavy (non-hydrogen) atoms. The molecule has 2 aliphatic heterocycles. The van der Waals surface area contributed by atoms with E-state index in [1.807, 2.05) is 0 Å². The van der Waals surface area contributed by atoms with Crippen LogP contribution >= 0.6 is 0 Å². The van der Waals surface area contributed by atoms with Crippen LogP contribution in [-0.4, -0.2) is 28.7 Å². The molecule has 2 saturated heterocycles. The van der Waals surface area contributed by atoms with Crippen molar-refractivity contribution in [2.24, 2.45) is 17.8 Å². The third kappa shape index (κ3) is 1.93. The van der Waals surface area contributed by atoms with Gasteiger partial charge in [0.15, 0.2) is 0 Å². The van der Waals surface area contributed by atoms with Gasteiger partial charge in [0.05, 0.1) is 6.10 Å². The second-order valence-electron chi connectivity index (χ2n) is 7.36. The van der Waals surface area contributed by atoms with Gasteiger partial charge in [0.25, 0.3) is 0 Å². The fourth-order valence-corrected chi connectivity index (χ4v) is 4.57. The molecule has 2 heterocycles. The lowest BCUT2D eigenvalue weighted by atomic mass is 9.70. The van der Waals surface area contributed by atoms with E-state index in [1.165, 1.54) is 19.3 Å². The van der Waals surface area contributed by atoms with Crippen LogP contribution in [0.3, 0.4) is 0 Å². The van der Waals surface area contributed by atoms with E-state index in [2.05, 4.69) is 32.6 Å². The van der Waals surface area contributed by atoms with Crippen molar-refractivity contribution in [1.82, 2.24) is 4.90 Å². The standard InChI is InChI=1S/C16H27NO2/c1-5-11-9-14-17(15(11)18)16(3,4)12-7-6-10(2)8-13(12)19-14/h10-14H,5-9H2,1-4H3/t10-,11-,12-,13-,14+/m1/s1. The number of fused-ring (bicyclic) bond motifs is 2. The van der Waals surface area contributed by atoms with Crippen molar-refractivity contribution in [2.75, 3.05) is 0 Å². The second kappa shape index (κ2) is 4.47. The molecular weight excluding hydrogens is 238 g/mol. The van der Waals surface area contributed by atoms with Gasteiger partial charge in [0, 0.05) is 23.8 Å². The van der Waals surface area contributed by atoms with E-state index in [4.69, 9.17) is 4.74 Å². The molecule has 0 radical (unpaired) electrons. The van der Waals surface area contributed by atoms with Crippen molar-refractivity contribution in [3.63, 3.8) is 0 Å². The molecule has 0 bridgehead atoms. The van der Waals surface area contributed by atoms with Crippen molar-refractivity contribution in [3.05, 3.63) is 0 Å². The molecule has 0 aromatic rings. The van der Waals surface area contributed by atoms with Crippen LogP contribution in [0.5, 0.6) is 0 Å². The first-order valence-corrected chi connectivity index (χ1v) is 7.93. The van der Waals surface area contributed by atoms with Crippen LogP contribution in [0.25, 0.3) is 0 Å². The Bertz CT molecular complexity index is 379. The Hall–Kier alpha value is -0.570. The summed E-state index contributed by atoms with van der Waals surface area (Å²) in [5, 5.41) is 0. The quantitative estimate of drug-likeness (QED) is 0.728. The highest BCUT2D eigenvalue weighted by Crippen LogP contribution is 2.48. The Balaban J connectivity index is 1.89. The Labute approximate surface area is 116 Å². The molecule has 0 unspecified atom stereocenters. The van der Waals surface area contributed by atoms with Crippen molar-refractivity contribution >= 4 is 5.91 Å². The Morgan fingerprint density at radius 2 is 2.05 bits per heavy atom. The molecule has 1 aliphatic carbocycles. The molecule has 3 aliphatic rings. The van der Waals surface area contributed by atoms with Gasteiger partial charge in [-0.05, 0) is 39.0 Å². The number of amides is 1. The monoisotopic (exact) mass is 265 g/mol. The molecule has 3 nitrogen and oxygen atoms in total. The first kappa shape index (κ1) is 13.4. The molecule has 3 fully saturated rings. The maximum atomic E-state index is 12.6. The number of ether oxygens (including phenoxy) is 1. The van der Waals surface area contributed by atoms with E-state index in [-0.39, 0.29) is 17.7 Å². The van der Waals surface area contributed by atoms with Gasteiger partial charge in [-0.3, -0.25) is 4.79 Å². The molecule has 0 aromatic heterocycles. The maximum absolute atomic E-state index is 12.6. The van der Waals surface area contributed by atoms with Crippen LogP contribution in [0.15, 0.2) is 0 Å². The second-order valence-corrected chi connectivity index (χ2v) is 7.36. The number of carbonyl (C=O) groups is 1. The minimum Gasteiger partial charge on any atom is -0.355 e. The van der Waals surface area contributed by atoms with Gasteiger partial charge < -0.3 is 9.64 Å². The van der Waals surface area contributed by atoms with E-state index in [1.54, 1.807) is 0 Å². The average Bonchev–Trinajstić information content (AvgIpc) is 2.65. The van der Waals surface area contributed by atoms with Gasteiger partial charge in [-0.2, -0.15) is 0 Å². The molecule has 0 aromatic carbocycles. The zero-order valence-electron chi connectivity index (χ0n) is 12.7. The zero-order chi connectivity index (χ0) is 13.8. The van der Waals surface area contributed by atoms with Gasteiger partial charge in [0.1, 0.15) is 6.23 Å². The highest BCUT2D eigenvalue weighted by atomic mass is 16.5. The summed E-state index contributed by atoms with van der Waals surface area (Å²) in [5.74, 6) is 1.79. The predicted octanol–water partition coefficient (Wildman–Crippen LogP) is 3.18. The van der Waals surface area contributed by atoms with Crippen LogP contribution in [0.2, 0.25) is 0 Å². The lowest BCUT2D eigenvalue weighted by Crippen LogP contribution is -2.63. The molecular formula is C16H27NO2. The maximum Gasteiger partial charge on any atom is 0.228 e. The summed E-state index contributed by atoms with van der Waals surface area (Å²) in [5.41, 5.74) is -0.0330. The van der Waals surface area contributed by atoms with Crippen LogP contribution in [0.4, 0.5) is 0 Å². The Kier molecular flexibility index (Phi) is 3.16. The van der Waals surface area contributed by atoms with Crippen LogP contribution in [0, 0.1) is 17.8 Å². The minimum atomic E-state index is -0.0330. The molecule has 3 rings (SSSR count). The molecule has 5 atom stereocenters. The normalized spacial score (nSPS) is 44.9. The van der Waals surface area contributed by atoms with E-state index >= 15 is 0 Å². The highest BCUT2D eigenvalue weighted by Gasteiger charge is 2.56. The first-order valence-electron chi connectivity index (χ1n) is 7.93. The summed E-state index contributed by atoms with van der Waals surface area (Å²) in [4.78, 5) is 14.7. The van der Waals surface area contributed by atoms with E-state index in [0.717, 1.165) is 18.8 Å². The van der Waals surface area contributed by atoms with Gasteiger partial charge >= 0.3 is 0 Å². The third-order valence-electron chi connectivity index (χ3n) is 5.77. The number of rotatable bonds is 1. The Morgan fingerprint density at radius 1 is 1.32 bits per heavy atom. The van der Waals surface area contributed by atoms with Crippen molar-refractivity contribution in [2.45, 2.75) is 77.7 Å². The molecule has 108 valence electrons. The molecule has 0 spiro atoms. The van der Waals surface area contributed by atoms with Gasteiger partial charge in [-0.15, -0.1) is 0 Å². The average molecular weight is 265 g/mol. The zero-order valence-corrected chi connectivity index (χ0v) is 12.7. The summed E-state index contributed by atoms with van der Waals surface area (Å²) in [6.45, 7) is 8.95. The largest absolute Gasteiger partial charge is 0.355 e. The predicted molar refractivity (Wildman–Crippen MR) is 74.5 cm³/mol. The van der Waals surface area contributed by atoms with E-state index < -0.39 is 0 Å². The van der Waals surface area contributed by atoms with Crippen molar-refractivity contribution in [1.29, 1.82) is 0 Å². The summed E-state index contributed by atoms with van der Waals surface area (Å²) in [7, 11) is 0. The number of hydrogen-bond donors (Lipinski definition) is 0. The molecule has 3 heteroatoms. The fourth-order valence-electron chi connectivity index (χ4n) is 4.57. The fraction of sp³-hybridized carbons (Fsp3) is 0.938. The first-order chi connectivity index (χ1) is 8.95. The van der Waals surface area contributed by atoms with Crippen LogP contribution in [0.1, 0.15) is 59.8 Å². The number of nitrogens with zero attached hydrogens (tertiary/aromatic N) is 1. The third-order valence-corrected chi connectivity index (χ3v) is 5.77. The summed E-state index contributed by atoms with van der Waals surface area (Å²) >= 11 is 0. The summed E-state index contributed by atoms with van der Waals surface area (Å²) < 4.78 is 6.33. The van der Waals surface area contributed by atoms with Gasteiger partial charge in [0.2, 0.25) is 5.91 Å². The Morgan fingerprint density at radius 3 is 2.74 bits per heavy atom. The van der Waals surface area contributed by atoms with E-state index in [9.17, 15) is 4.79 Å².